The van der Waals surface area contributed by atoms with Gasteiger partial charge in [0.25, 0.3) is 0 Å². The van der Waals surface area contributed by atoms with Crippen LogP contribution < -0.4 is 10.1 Å². The Labute approximate surface area is 145 Å². The first-order valence-electron chi connectivity index (χ1n) is 7.59. The summed E-state index contributed by atoms with van der Waals surface area (Å²) in [5.41, 5.74) is 0.288. The number of hydrogen-bond donors (Lipinski definition) is 1. The minimum atomic E-state index is -4.32. The van der Waals surface area contributed by atoms with Gasteiger partial charge in [-0.25, -0.2) is 0 Å². The zero-order valence-corrected chi connectivity index (χ0v) is 14.1. The maximum absolute atomic E-state index is 13.8. The lowest BCUT2D eigenvalue weighted by Crippen LogP contribution is -2.49. The SMILES string of the molecule is COc1ccc([C@H](N2CCNCC2)C(F)(F)F)c2ccccc12.Cl. The van der Waals surface area contributed by atoms with E-state index >= 15 is 0 Å². The van der Waals surface area contributed by atoms with Crippen LogP contribution in [0.3, 0.4) is 0 Å². The summed E-state index contributed by atoms with van der Waals surface area (Å²) in [5, 5.41) is 4.39. The molecule has 0 radical (unpaired) electrons. The molecule has 7 heteroatoms. The van der Waals surface area contributed by atoms with E-state index < -0.39 is 12.2 Å². The lowest BCUT2D eigenvalue weighted by Gasteiger charge is -2.36. The van der Waals surface area contributed by atoms with Gasteiger partial charge < -0.3 is 10.1 Å². The smallest absolute Gasteiger partial charge is 0.408 e. The number of fused-ring (bicyclic) bond motifs is 1. The molecule has 1 fully saturated rings. The van der Waals surface area contributed by atoms with Crippen molar-refractivity contribution in [3.05, 3.63) is 42.0 Å². The second kappa shape index (κ2) is 7.59. The number of rotatable bonds is 3. The molecule has 0 spiro atoms. The Bertz CT molecular complexity index is 687. The number of methoxy groups -OCH3 is 1. The van der Waals surface area contributed by atoms with Crippen LogP contribution in [-0.4, -0.2) is 44.4 Å². The predicted molar refractivity (Wildman–Crippen MR) is 91.0 cm³/mol. The molecule has 1 aliphatic rings. The van der Waals surface area contributed by atoms with Crippen molar-refractivity contribution < 1.29 is 17.9 Å². The van der Waals surface area contributed by atoms with Crippen molar-refractivity contribution in [2.75, 3.05) is 33.3 Å². The molecule has 0 aromatic heterocycles. The third kappa shape index (κ3) is 3.61. The number of benzene rings is 2. The van der Waals surface area contributed by atoms with Gasteiger partial charge in [-0.3, -0.25) is 4.90 Å². The Morgan fingerprint density at radius 2 is 1.67 bits per heavy atom. The van der Waals surface area contributed by atoms with E-state index in [1.54, 1.807) is 30.3 Å². The van der Waals surface area contributed by atoms with Crippen LogP contribution in [0.4, 0.5) is 13.2 Å². The number of alkyl halides is 3. The molecule has 2 aromatic rings. The zero-order valence-electron chi connectivity index (χ0n) is 13.3. The molecule has 132 valence electrons. The van der Waals surface area contributed by atoms with E-state index in [4.69, 9.17) is 4.74 Å². The Balaban J connectivity index is 0.00000208. The van der Waals surface area contributed by atoms with Crippen LogP contribution >= 0.6 is 12.4 Å². The lowest BCUT2D eigenvalue weighted by molar-refractivity contribution is -0.187. The van der Waals surface area contributed by atoms with Gasteiger partial charge in [-0.15, -0.1) is 12.4 Å². The van der Waals surface area contributed by atoms with Crippen LogP contribution in [-0.2, 0) is 0 Å². The molecule has 1 aliphatic heterocycles. The second-order valence-electron chi connectivity index (χ2n) is 5.63. The molecule has 0 bridgehead atoms. The molecule has 1 atom stereocenters. The van der Waals surface area contributed by atoms with Gasteiger partial charge in [0.15, 0.2) is 0 Å². The first-order chi connectivity index (χ1) is 11.0. The fourth-order valence-electron chi connectivity index (χ4n) is 3.23. The number of nitrogens with one attached hydrogen (secondary N) is 1. The largest absolute Gasteiger partial charge is 0.496 e. The van der Waals surface area contributed by atoms with Gasteiger partial charge in [0.05, 0.1) is 7.11 Å². The first-order valence-corrected chi connectivity index (χ1v) is 7.59. The summed E-state index contributed by atoms with van der Waals surface area (Å²) >= 11 is 0. The molecular weight excluding hydrogens is 341 g/mol. The molecule has 0 saturated carbocycles. The van der Waals surface area contributed by atoms with Gasteiger partial charge in [-0.05, 0) is 17.0 Å². The van der Waals surface area contributed by atoms with Gasteiger partial charge in [0.1, 0.15) is 11.8 Å². The molecule has 3 rings (SSSR count). The van der Waals surface area contributed by atoms with Crippen molar-refractivity contribution in [2.24, 2.45) is 0 Å². The predicted octanol–water partition coefficient (Wildman–Crippen LogP) is 3.78. The highest BCUT2D eigenvalue weighted by Gasteiger charge is 2.45. The van der Waals surface area contributed by atoms with Crippen LogP contribution in [0, 0.1) is 0 Å². The van der Waals surface area contributed by atoms with E-state index in [0.29, 0.717) is 42.7 Å². The van der Waals surface area contributed by atoms with Crippen molar-refractivity contribution in [3.8, 4) is 5.75 Å². The van der Waals surface area contributed by atoms with Crippen LogP contribution in [0.1, 0.15) is 11.6 Å². The van der Waals surface area contributed by atoms with E-state index in [0.717, 1.165) is 0 Å². The first kappa shape index (κ1) is 18.8. The fraction of sp³-hybridized carbons (Fsp3) is 0.412. The molecule has 0 amide bonds. The summed E-state index contributed by atoms with van der Waals surface area (Å²) in [6.07, 6.45) is -4.32. The normalized spacial score (nSPS) is 17.3. The highest BCUT2D eigenvalue weighted by molar-refractivity contribution is 5.91. The Hall–Kier alpha value is -1.50. The van der Waals surface area contributed by atoms with Crippen molar-refractivity contribution in [1.82, 2.24) is 10.2 Å². The zero-order chi connectivity index (χ0) is 16.4. The highest BCUT2D eigenvalue weighted by Crippen LogP contribution is 2.42. The molecule has 3 nitrogen and oxygen atoms in total. The quantitative estimate of drug-likeness (QED) is 0.901. The maximum Gasteiger partial charge on any atom is 0.408 e. The van der Waals surface area contributed by atoms with E-state index in [9.17, 15) is 13.2 Å². The van der Waals surface area contributed by atoms with Crippen LogP contribution in [0.15, 0.2) is 36.4 Å². The van der Waals surface area contributed by atoms with E-state index in [-0.39, 0.29) is 18.0 Å². The van der Waals surface area contributed by atoms with Crippen molar-refractivity contribution in [3.63, 3.8) is 0 Å². The van der Waals surface area contributed by atoms with Crippen LogP contribution in [0.25, 0.3) is 10.8 Å². The molecular formula is C17H20ClF3N2O. The number of piperazine rings is 1. The van der Waals surface area contributed by atoms with Crippen molar-refractivity contribution in [2.45, 2.75) is 12.2 Å². The minimum Gasteiger partial charge on any atom is -0.496 e. The van der Waals surface area contributed by atoms with Gasteiger partial charge in [-0.2, -0.15) is 13.2 Å². The van der Waals surface area contributed by atoms with Gasteiger partial charge in [-0.1, -0.05) is 30.3 Å². The molecule has 1 saturated heterocycles. The molecule has 1 N–H and O–H groups in total. The average Bonchev–Trinajstić information content (AvgIpc) is 2.55. The van der Waals surface area contributed by atoms with Crippen LogP contribution in [0.2, 0.25) is 0 Å². The number of ether oxygens (including phenoxy) is 1. The van der Waals surface area contributed by atoms with Crippen LogP contribution in [0.5, 0.6) is 5.75 Å². The van der Waals surface area contributed by atoms with Crippen molar-refractivity contribution >= 4 is 23.2 Å². The lowest BCUT2D eigenvalue weighted by atomic mass is 9.96. The van der Waals surface area contributed by atoms with E-state index in [1.165, 1.54) is 12.0 Å². The second-order valence-corrected chi connectivity index (χ2v) is 5.63. The number of halogens is 4. The summed E-state index contributed by atoms with van der Waals surface area (Å²) in [4.78, 5) is 1.50. The topological polar surface area (TPSA) is 24.5 Å². The highest BCUT2D eigenvalue weighted by atomic mass is 35.5. The molecule has 2 aromatic carbocycles. The summed E-state index contributed by atoms with van der Waals surface area (Å²) in [6, 6.07) is 8.66. The van der Waals surface area contributed by atoms with E-state index in [2.05, 4.69) is 5.32 Å². The summed E-state index contributed by atoms with van der Waals surface area (Å²) in [7, 11) is 1.53. The monoisotopic (exact) mass is 360 g/mol. The summed E-state index contributed by atoms with van der Waals surface area (Å²) in [5.74, 6) is 0.589. The molecule has 24 heavy (non-hydrogen) atoms. The summed E-state index contributed by atoms with van der Waals surface area (Å²) < 4.78 is 46.7. The van der Waals surface area contributed by atoms with Crippen molar-refractivity contribution in [1.29, 1.82) is 0 Å². The number of hydrogen-bond acceptors (Lipinski definition) is 3. The minimum absolute atomic E-state index is 0. The molecule has 0 aliphatic carbocycles. The third-order valence-corrected chi connectivity index (χ3v) is 4.26. The summed E-state index contributed by atoms with van der Waals surface area (Å²) in [6.45, 7) is 1.90. The number of nitrogens with zero attached hydrogens (tertiary/aromatic N) is 1. The van der Waals surface area contributed by atoms with Gasteiger partial charge >= 0.3 is 6.18 Å². The van der Waals surface area contributed by atoms with Gasteiger partial charge in [0, 0.05) is 31.6 Å². The third-order valence-electron chi connectivity index (χ3n) is 4.26. The molecule has 1 heterocycles. The molecule has 0 unspecified atom stereocenters. The average molecular weight is 361 g/mol. The Morgan fingerprint density at radius 3 is 2.25 bits per heavy atom. The standard InChI is InChI=1S/C17H19F3N2O.ClH/c1-23-15-7-6-14(12-4-2-3-5-13(12)15)16(17(18,19)20)22-10-8-21-9-11-22;/h2-7,16,21H,8-11H2,1H3;1H/t16-;/m0./s1. The fourth-order valence-corrected chi connectivity index (χ4v) is 3.23. The Morgan fingerprint density at radius 1 is 1.04 bits per heavy atom. The van der Waals surface area contributed by atoms with E-state index in [1.807, 2.05) is 6.07 Å². The van der Waals surface area contributed by atoms with Gasteiger partial charge in [0.2, 0.25) is 0 Å². The maximum atomic E-state index is 13.8. The Kier molecular flexibility index (Phi) is 5.96.